The van der Waals surface area contributed by atoms with Crippen LogP contribution in [0, 0.1) is 0 Å². The summed E-state index contributed by atoms with van der Waals surface area (Å²) >= 11 is 3.49. The van der Waals surface area contributed by atoms with E-state index in [1.54, 1.807) is 0 Å². The third-order valence-corrected chi connectivity index (χ3v) is 20.2. The van der Waals surface area contributed by atoms with Gasteiger partial charge in [0.1, 0.15) is 22.3 Å². The molecule has 474 valence electrons. The fraction of sp³-hybridized carbons (Fsp3) is 0.0213. The molecule has 0 radical (unpaired) electrons. The zero-order valence-electron chi connectivity index (χ0n) is 55.0. The summed E-state index contributed by atoms with van der Waals surface area (Å²) in [6, 6.07) is 120. The average Bonchev–Trinajstić information content (AvgIpc) is 1.01. The summed E-state index contributed by atoms with van der Waals surface area (Å²) in [6.45, 7) is 4.00. The maximum Gasteiger partial charge on any atom is 0.489 e. The molecule has 0 atom stereocenters. The van der Waals surface area contributed by atoms with Gasteiger partial charge in [-0.2, -0.15) is 0 Å². The molecule has 20 aromatic rings. The summed E-state index contributed by atoms with van der Waals surface area (Å²) in [5, 5.41) is 43.3. The molecule has 0 saturated heterocycles. The van der Waals surface area contributed by atoms with Crippen molar-refractivity contribution in [2.24, 2.45) is 0 Å². The van der Waals surface area contributed by atoms with E-state index in [0.717, 1.165) is 86.4 Å². The Bertz CT molecular complexity index is 6420. The van der Waals surface area contributed by atoms with E-state index >= 15 is 0 Å². The Kier molecular flexibility index (Phi) is 16.1. The minimum Gasteiger partial charge on any atom is -0.455 e. The summed E-state index contributed by atoms with van der Waals surface area (Å²) in [7, 11) is -1.53. The van der Waals surface area contributed by atoms with Crippen LogP contribution in [0.5, 0.6) is 0 Å². The first-order valence-corrected chi connectivity index (χ1v) is 34.9. The Morgan fingerprint density at radius 1 is 0.240 bits per heavy atom. The highest BCUT2D eigenvalue weighted by Crippen LogP contribution is 2.47. The van der Waals surface area contributed by atoms with E-state index in [9.17, 15) is 10.0 Å². The molecule has 2 N–H and O–H groups in total. The van der Waals surface area contributed by atoms with Gasteiger partial charge in [0.25, 0.3) is 0 Å². The van der Waals surface area contributed by atoms with Gasteiger partial charge in [0.05, 0.1) is 0 Å². The smallest absolute Gasteiger partial charge is 0.455 e. The maximum atomic E-state index is 10.1. The Morgan fingerprint density at radius 2 is 0.540 bits per heavy atom. The molecule has 0 bridgehead atoms. The fourth-order valence-electron chi connectivity index (χ4n) is 15.2. The van der Waals surface area contributed by atoms with Gasteiger partial charge in [0.15, 0.2) is 0 Å². The normalized spacial score (nSPS) is 11.4. The minimum absolute atomic E-state index is 0.560. The minimum atomic E-state index is -1.53. The van der Waals surface area contributed by atoms with Gasteiger partial charge in [-0.15, -0.1) is 0 Å². The predicted molar refractivity (Wildman–Crippen MR) is 430 cm³/mol. The summed E-state index contributed by atoms with van der Waals surface area (Å²) in [5.41, 5.74) is 16.4. The van der Waals surface area contributed by atoms with Crippen LogP contribution in [0.1, 0.15) is 13.8 Å². The van der Waals surface area contributed by atoms with E-state index in [4.69, 9.17) is 8.83 Å². The predicted octanol–water partition coefficient (Wildman–Crippen LogP) is 25.9. The summed E-state index contributed by atoms with van der Waals surface area (Å²) < 4.78 is 13.6. The van der Waals surface area contributed by atoms with Crippen molar-refractivity contribution in [3.05, 3.63) is 344 Å². The van der Waals surface area contributed by atoms with Gasteiger partial charge in [0, 0.05) is 36.8 Å². The second kappa shape index (κ2) is 26.2. The van der Waals surface area contributed by atoms with Gasteiger partial charge in [-0.3, -0.25) is 0 Å². The molecule has 100 heavy (non-hydrogen) atoms. The lowest BCUT2D eigenvalue weighted by Crippen LogP contribution is -2.31. The van der Waals surface area contributed by atoms with E-state index < -0.39 is 7.12 Å². The number of hydrogen-bond acceptors (Lipinski definition) is 4. The SMILES string of the molecule is Brc1ccc(-c2ccc3oc4c5ccccc5ccc4c3c2)cc1.CC.OB(O)c1c2ccccc2c(-c2cccc3ccccc23)c2ccccc12.c1ccc2c(-c3c4ccccc4c(-c4ccc(-c5ccc6oc7c8ccccc8ccc7c6c5)cc4)c4ccccc34)cccc2c1. The van der Waals surface area contributed by atoms with E-state index in [1.807, 2.05) is 56.3 Å². The lowest BCUT2D eigenvalue weighted by atomic mass is 9.72. The standard InChI is InChI=1S/C46H28O.C24H17BO2.C22H13BrO.C2H6/c1-3-13-34-30(10-1)12-9-19-36(34)45-39-17-7-5-15-37(39)44(38-16-6-8-18-40(38)45)32-22-20-29(21-23-32)33-25-27-43-42(28-33)41-26-24-31-11-2-4-14-35(31)46(41)47-43;26-25(27)24-21-13-5-3-11-19(21)23(20-12-4-6-14-22(20)24)18-15-7-9-16-8-1-2-10-17(16)18;23-17-9-5-14(6-10-17)16-8-12-21-20(13-16)19-11-7-15-3-1-2-4-18(15)22(19)24-21;1-2/h1-28H;1-15,26-27H;1-13H;1-2H3. The van der Waals surface area contributed by atoms with Crippen molar-refractivity contribution in [2.45, 2.75) is 13.8 Å². The highest BCUT2D eigenvalue weighted by atomic mass is 79.9. The molecule has 0 amide bonds. The van der Waals surface area contributed by atoms with Crippen molar-refractivity contribution < 1.29 is 18.9 Å². The first-order chi connectivity index (χ1) is 49.4. The maximum absolute atomic E-state index is 10.1. The van der Waals surface area contributed by atoms with E-state index in [1.165, 1.54) is 104 Å². The molecular weight excluding hydrogens is 1280 g/mol. The van der Waals surface area contributed by atoms with Crippen molar-refractivity contribution in [1.82, 2.24) is 0 Å². The van der Waals surface area contributed by atoms with Gasteiger partial charge in [0.2, 0.25) is 0 Å². The molecule has 4 nitrogen and oxygen atoms in total. The Labute approximate surface area is 587 Å². The molecule has 0 aliphatic heterocycles. The van der Waals surface area contributed by atoms with E-state index in [0.29, 0.717) is 5.46 Å². The zero-order valence-corrected chi connectivity index (χ0v) is 56.6. The molecule has 0 spiro atoms. The number of fused-ring (bicyclic) bond motifs is 16. The number of rotatable bonds is 6. The van der Waals surface area contributed by atoms with Gasteiger partial charge >= 0.3 is 7.12 Å². The number of furan rings is 2. The van der Waals surface area contributed by atoms with Crippen LogP contribution in [0.15, 0.2) is 353 Å². The summed E-state index contributed by atoms with van der Waals surface area (Å²) in [6.07, 6.45) is 0. The van der Waals surface area contributed by atoms with Crippen LogP contribution in [-0.4, -0.2) is 17.2 Å². The van der Waals surface area contributed by atoms with E-state index in [-0.39, 0.29) is 0 Å². The largest absolute Gasteiger partial charge is 0.489 e. The van der Waals surface area contributed by atoms with Gasteiger partial charge in [-0.25, -0.2) is 0 Å². The molecular formula is C94H64BBrO4. The highest BCUT2D eigenvalue weighted by Gasteiger charge is 2.24. The van der Waals surface area contributed by atoms with Crippen molar-refractivity contribution in [2.75, 3.05) is 0 Å². The molecule has 18 aromatic carbocycles. The molecule has 0 aliphatic carbocycles. The van der Waals surface area contributed by atoms with Crippen LogP contribution in [-0.2, 0) is 0 Å². The monoisotopic (exact) mass is 1350 g/mol. The topological polar surface area (TPSA) is 66.7 Å². The van der Waals surface area contributed by atoms with Crippen molar-refractivity contribution >= 4 is 159 Å². The molecule has 0 aliphatic rings. The summed E-state index contributed by atoms with van der Waals surface area (Å²) in [4.78, 5) is 0. The highest BCUT2D eigenvalue weighted by molar-refractivity contribution is 9.10. The van der Waals surface area contributed by atoms with Crippen LogP contribution in [0.4, 0.5) is 0 Å². The zero-order chi connectivity index (χ0) is 67.4. The molecule has 2 heterocycles. The third-order valence-electron chi connectivity index (χ3n) is 19.7. The van der Waals surface area contributed by atoms with Crippen LogP contribution >= 0.6 is 15.9 Å². The van der Waals surface area contributed by atoms with Crippen molar-refractivity contribution in [1.29, 1.82) is 0 Å². The second-order valence-electron chi connectivity index (χ2n) is 25.2. The van der Waals surface area contributed by atoms with Crippen LogP contribution in [0.3, 0.4) is 0 Å². The van der Waals surface area contributed by atoms with Crippen molar-refractivity contribution in [3.8, 4) is 55.6 Å². The number of halogens is 1. The average molecular weight is 1350 g/mol. The van der Waals surface area contributed by atoms with Gasteiger partial charge in [-0.05, 0) is 185 Å². The van der Waals surface area contributed by atoms with Crippen molar-refractivity contribution in [3.63, 3.8) is 0 Å². The molecule has 6 heteroatoms. The third kappa shape index (κ3) is 10.8. The Hall–Kier alpha value is -11.9. The first-order valence-electron chi connectivity index (χ1n) is 34.1. The molecule has 0 fully saturated rings. The first kappa shape index (κ1) is 61.7. The fourth-order valence-corrected chi connectivity index (χ4v) is 15.5. The van der Waals surface area contributed by atoms with Crippen LogP contribution in [0.2, 0.25) is 0 Å². The number of benzene rings is 18. The van der Waals surface area contributed by atoms with Crippen LogP contribution in [0.25, 0.3) is 186 Å². The quantitative estimate of drug-likeness (QED) is 0.129. The van der Waals surface area contributed by atoms with Crippen LogP contribution < -0.4 is 5.46 Å². The Morgan fingerprint density at radius 3 is 0.940 bits per heavy atom. The lowest BCUT2D eigenvalue weighted by Gasteiger charge is -2.19. The molecule has 2 aromatic heterocycles. The molecule has 0 saturated carbocycles. The summed E-state index contributed by atoms with van der Waals surface area (Å²) in [5.74, 6) is 0. The lowest BCUT2D eigenvalue weighted by molar-refractivity contribution is 0.426. The van der Waals surface area contributed by atoms with Gasteiger partial charge < -0.3 is 18.9 Å². The Balaban J connectivity index is 0.000000120. The molecule has 20 rings (SSSR count). The van der Waals surface area contributed by atoms with Gasteiger partial charge in [-0.1, -0.05) is 321 Å². The van der Waals surface area contributed by atoms with E-state index in [2.05, 4.69) is 313 Å². The second-order valence-corrected chi connectivity index (χ2v) is 26.1. The molecule has 0 unspecified atom stereocenters. The number of hydrogen-bond donors (Lipinski definition) is 2.